The molecule has 2 rings (SSSR count). The van der Waals surface area contributed by atoms with Gasteiger partial charge in [0.05, 0.1) is 14.5 Å². The first kappa shape index (κ1) is 12.2. The lowest BCUT2D eigenvalue weighted by molar-refractivity contribution is 0.0973. The number of carbonyl (C=O) groups excluding carboxylic acids is 1. The molecule has 0 aliphatic heterocycles. The Balaban J connectivity index is 2.12. The Labute approximate surface area is 104 Å². The predicted octanol–water partition coefficient (Wildman–Crippen LogP) is 2.95. The Hall–Kier alpha value is -1.25. The number of Topliss-reactive ketones (excluding diaryl/α,β-unsaturated/α-hetero) is 1. The second kappa shape index (κ2) is 5.39. The monoisotopic (exact) mass is 228 g/mol. The summed E-state index contributed by atoms with van der Waals surface area (Å²) in [5.41, 5.74) is 1.84. The molecular weight excluding hydrogens is 211 g/mol. The van der Waals surface area contributed by atoms with Crippen LogP contribution in [0.25, 0.3) is 0 Å². The van der Waals surface area contributed by atoms with E-state index in [9.17, 15) is 4.79 Å². The first-order valence-corrected chi connectivity index (χ1v) is 6.28. The van der Waals surface area contributed by atoms with Crippen molar-refractivity contribution in [3.8, 4) is 5.75 Å². The molecule has 0 bridgehead atoms. The summed E-state index contributed by atoms with van der Waals surface area (Å²) in [6.07, 6.45) is 3.79. The Morgan fingerprint density at radius 2 is 2.29 bits per heavy atom. The molecule has 1 aliphatic rings. The number of aryl methyl sites for hydroxylation is 1. The summed E-state index contributed by atoms with van der Waals surface area (Å²) >= 11 is 0. The molecular formula is C14H17BO2. The SMILES string of the molecule is [B]C1CCc2cc(OCCCC)ccc2C1=O. The molecule has 1 atom stereocenters. The van der Waals surface area contributed by atoms with Gasteiger partial charge in [0.25, 0.3) is 0 Å². The number of rotatable bonds is 4. The molecule has 0 fully saturated rings. The fraction of sp³-hybridized carbons (Fsp3) is 0.500. The van der Waals surface area contributed by atoms with Crippen LogP contribution in [0.15, 0.2) is 18.2 Å². The molecule has 88 valence electrons. The summed E-state index contributed by atoms with van der Waals surface area (Å²) < 4.78 is 5.63. The zero-order chi connectivity index (χ0) is 12.3. The van der Waals surface area contributed by atoms with Gasteiger partial charge in [-0.3, -0.25) is 4.79 Å². The van der Waals surface area contributed by atoms with Gasteiger partial charge < -0.3 is 4.74 Å². The van der Waals surface area contributed by atoms with E-state index in [0.717, 1.165) is 49.2 Å². The van der Waals surface area contributed by atoms with Crippen LogP contribution in [-0.2, 0) is 6.42 Å². The smallest absolute Gasteiger partial charge is 0.157 e. The highest BCUT2D eigenvalue weighted by atomic mass is 16.5. The molecule has 0 saturated heterocycles. The van der Waals surface area contributed by atoms with Crippen LogP contribution in [0.1, 0.15) is 42.1 Å². The van der Waals surface area contributed by atoms with Crippen LogP contribution in [0.2, 0.25) is 5.82 Å². The highest BCUT2D eigenvalue weighted by Gasteiger charge is 2.23. The first-order valence-electron chi connectivity index (χ1n) is 6.28. The minimum atomic E-state index is -0.325. The number of carbonyl (C=O) groups is 1. The third kappa shape index (κ3) is 2.71. The van der Waals surface area contributed by atoms with Crippen molar-refractivity contribution in [2.45, 2.75) is 38.4 Å². The summed E-state index contributed by atoms with van der Waals surface area (Å²) in [5.74, 6) is 0.598. The van der Waals surface area contributed by atoms with Crippen LogP contribution in [0.5, 0.6) is 5.75 Å². The highest BCUT2D eigenvalue weighted by molar-refractivity contribution is 6.28. The molecule has 0 saturated carbocycles. The van der Waals surface area contributed by atoms with Gasteiger partial charge in [0.1, 0.15) is 5.75 Å². The molecule has 0 spiro atoms. The number of ketones is 1. The Bertz CT molecular complexity index is 415. The minimum Gasteiger partial charge on any atom is -0.494 e. The van der Waals surface area contributed by atoms with E-state index in [2.05, 4.69) is 6.92 Å². The molecule has 2 nitrogen and oxygen atoms in total. The average Bonchev–Trinajstić information content (AvgIpc) is 2.34. The van der Waals surface area contributed by atoms with Crippen molar-refractivity contribution in [2.75, 3.05) is 6.61 Å². The maximum atomic E-state index is 11.8. The average molecular weight is 228 g/mol. The maximum absolute atomic E-state index is 11.8. The van der Waals surface area contributed by atoms with E-state index in [4.69, 9.17) is 12.6 Å². The summed E-state index contributed by atoms with van der Waals surface area (Å²) in [4.78, 5) is 11.8. The fourth-order valence-corrected chi connectivity index (χ4v) is 2.08. The Kier molecular flexibility index (Phi) is 3.87. The standard InChI is InChI=1S/C14H17BO2/c1-2-3-8-17-11-5-6-12-10(9-11)4-7-13(15)14(12)16/h5-6,9,13H,2-4,7-8H2,1H3. The van der Waals surface area contributed by atoms with Crippen LogP contribution in [0.4, 0.5) is 0 Å². The second-order valence-corrected chi connectivity index (χ2v) is 4.53. The maximum Gasteiger partial charge on any atom is 0.157 e. The second-order valence-electron chi connectivity index (χ2n) is 4.53. The number of hydrogen-bond donors (Lipinski definition) is 0. The van der Waals surface area contributed by atoms with E-state index >= 15 is 0 Å². The molecule has 0 heterocycles. The molecule has 0 N–H and O–H groups in total. The summed E-state index contributed by atoms with van der Waals surface area (Å²) in [5, 5.41) is 0. The lowest BCUT2D eigenvalue weighted by atomic mass is 9.72. The van der Waals surface area contributed by atoms with E-state index in [-0.39, 0.29) is 11.6 Å². The Morgan fingerprint density at radius 3 is 3.06 bits per heavy atom. The van der Waals surface area contributed by atoms with Crippen molar-refractivity contribution in [1.29, 1.82) is 0 Å². The van der Waals surface area contributed by atoms with E-state index in [0.29, 0.717) is 0 Å². The number of benzene rings is 1. The minimum absolute atomic E-state index is 0.0614. The number of unbranched alkanes of at least 4 members (excludes halogenated alkanes) is 1. The largest absolute Gasteiger partial charge is 0.494 e. The normalized spacial score (nSPS) is 18.9. The van der Waals surface area contributed by atoms with E-state index < -0.39 is 0 Å². The van der Waals surface area contributed by atoms with Crippen molar-refractivity contribution in [2.24, 2.45) is 0 Å². The van der Waals surface area contributed by atoms with Gasteiger partial charge in [-0.1, -0.05) is 13.3 Å². The lowest BCUT2D eigenvalue weighted by Gasteiger charge is -2.21. The van der Waals surface area contributed by atoms with Crippen LogP contribution < -0.4 is 4.74 Å². The zero-order valence-corrected chi connectivity index (χ0v) is 10.2. The summed E-state index contributed by atoms with van der Waals surface area (Å²) in [6.45, 7) is 2.87. The first-order chi connectivity index (χ1) is 8.22. The van der Waals surface area contributed by atoms with Crippen molar-refractivity contribution >= 4 is 13.6 Å². The molecule has 1 unspecified atom stereocenters. The van der Waals surface area contributed by atoms with Crippen molar-refractivity contribution in [3.05, 3.63) is 29.3 Å². The van der Waals surface area contributed by atoms with Crippen LogP contribution in [0.3, 0.4) is 0 Å². The lowest BCUT2D eigenvalue weighted by Crippen LogP contribution is -2.18. The van der Waals surface area contributed by atoms with E-state index in [1.165, 1.54) is 0 Å². The van der Waals surface area contributed by atoms with Gasteiger partial charge in [-0.15, -0.1) is 0 Å². The molecule has 0 aromatic heterocycles. The molecule has 3 heteroatoms. The molecule has 17 heavy (non-hydrogen) atoms. The van der Waals surface area contributed by atoms with Gasteiger partial charge >= 0.3 is 0 Å². The summed E-state index contributed by atoms with van der Waals surface area (Å²) in [7, 11) is 5.75. The molecule has 1 aromatic rings. The number of hydrogen-bond acceptors (Lipinski definition) is 2. The molecule has 1 aromatic carbocycles. The topological polar surface area (TPSA) is 26.3 Å². The summed E-state index contributed by atoms with van der Waals surface area (Å²) in [6, 6.07) is 5.69. The molecule has 1 aliphatic carbocycles. The van der Waals surface area contributed by atoms with Gasteiger partial charge in [0.2, 0.25) is 0 Å². The third-order valence-corrected chi connectivity index (χ3v) is 3.17. The Morgan fingerprint density at radius 1 is 1.47 bits per heavy atom. The van der Waals surface area contributed by atoms with Gasteiger partial charge in [0.15, 0.2) is 5.78 Å². The number of fused-ring (bicyclic) bond motifs is 1. The van der Waals surface area contributed by atoms with E-state index in [1.54, 1.807) is 0 Å². The van der Waals surface area contributed by atoms with Crippen LogP contribution >= 0.6 is 0 Å². The van der Waals surface area contributed by atoms with E-state index in [1.807, 2.05) is 18.2 Å². The number of ether oxygens (including phenoxy) is 1. The van der Waals surface area contributed by atoms with Crippen LogP contribution in [0, 0.1) is 0 Å². The zero-order valence-electron chi connectivity index (χ0n) is 10.2. The fourth-order valence-electron chi connectivity index (χ4n) is 2.08. The quantitative estimate of drug-likeness (QED) is 0.585. The van der Waals surface area contributed by atoms with Gasteiger partial charge in [-0.25, -0.2) is 0 Å². The van der Waals surface area contributed by atoms with Crippen molar-refractivity contribution in [1.82, 2.24) is 0 Å². The van der Waals surface area contributed by atoms with Crippen molar-refractivity contribution in [3.63, 3.8) is 0 Å². The third-order valence-electron chi connectivity index (χ3n) is 3.17. The highest BCUT2D eigenvalue weighted by Crippen LogP contribution is 2.29. The van der Waals surface area contributed by atoms with Crippen LogP contribution in [-0.4, -0.2) is 20.2 Å². The van der Waals surface area contributed by atoms with Crippen molar-refractivity contribution < 1.29 is 9.53 Å². The molecule has 2 radical (unpaired) electrons. The molecule has 0 amide bonds. The predicted molar refractivity (Wildman–Crippen MR) is 69.0 cm³/mol. The van der Waals surface area contributed by atoms with Gasteiger partial charge in [0, 0.05) is 5.56 Å². The van der Waals surface area contributed by atoms with Gasteiger partial charge in [-0.2, -0.15) is 0 Å². The van der Waals surface area contributed by atoms with Gasteiger partial charge in [-0.05, 0) is 48.8 Å².